The summed E-state index contributed by atoms with van der Waals surface area (Å²) in [4.78, 5) is 27.3. The zero-order valence-corrected chi connectivity index (χ0v) is 16.3. The fraction of sp³-hybridized carbons (Fsp3) is 0.600. The van der Waals surface area contributed by atoms with Crippen molar-refractivity contribution >= 4 is 11.8 Å². The van der Waals surface area contributed by atoms with Gasteiger partial charge in [-0.15, -0.1) is 0 Å². The van der Waals surface area contributed by atoms with E-state index in [1.165, 1.54) is 0 Å². The van der Waals surface area contributed by atoms with Crippen molar-refractivity contribution in [1.82, 2.24) is 10.2 Å². The summed E-state index contributed by atoms with van der Waals surface area (Å²) in [5.74, 6) is 0.893. The van der Waals surface area contributed by atoms with Gasteiger partial charge in [-0.05, 0) is 44.4 Å². The molecule has 1 heterocycles. The molecule has 0 aromatic heterocycles. The van der Waals surface area contributed by atoms with Gasteiger partial charge in [0.25, 0.3) is 0 Å². The lowest BCUT2D eigenvalue weighted by Crippen LogP contribution is -2.49. The Morgan fingerprint density at radius 3 is 2.23 bits per heavy atom. The standard InChI is InChI=1S/C20H30N2O4/c1-20(2,19(24)22-11-7-5-6-8-12-22)18(23)21-14-15-9-10-16(25-3)17(13-15)26-4/h9-10,13H,5-8,11-12,14H2,1-4H3,(H,21,23). The van der Waals surface area contributed by atoms with E-state index in [1.807, 2.05) is 17.0 Å². The summed E-state index contributed by atoms with van der Waals surface area (Å²) in [6.45, 7) is 5.21. The lowest BCUT2D eigenvalue weighted by molar-refractivity contribution is -0.148. The summed E-state index contributed by atoms with van der Waals surface area (Å²) in [5, 5.41) is 2.88. The first-order chi connectivity index (χ1) is 12.4. The van der Waals surface area contributed by atoms with E-state index in [4.69, 9.17) is 9.47 Å². The van der Waals surface area contributed by atoms with Gasteiger partial charge in [-0.3, -0.25) is 9.59 Å². The van der Waals surface area contributed by atoms with Gasteiger partial charge in [0, 0.05) is 19.6 Å². The number of nitrogens with one attached hydrogen (secondary N) is 1. The van der Waals surface area contributed by atoms with Crippen molar-refractivity contribution in [2.75, 3.05) is 27.3 Å². The molecular weight excluding hydrogens is 332 g/mol. The first-order valence-corrected chi connectivity index (χ1v) is 9.18. The summed E-state index contributed by atoms with van der Waals surface area (Å²) < 4.78 is 10.5. The summed E-state index contributed by atoms with van der Waals surface area (Å²) >= 11 is 0. The third-order valence-corrected chi connectivity index (χ3v) is 4.90. The predicted molar refractivity (Wildman–Crippen MR) is 100 cm³/mol. The Morgan fingerprint density at radius 2 is 1.65 bits per heavy atom. The highest BCUT2D eigenvalue weighted by molar-refractivity contribution is 6.04. The Morgan fingerprint density at radius 1 is 1.04 bits per heavy atom. The van der Waals surface area contributed by atoms with Crippen LogP contribution >= 0.6 is 0 Å². The van der Waals surface area contributed by atoms with Crippen molar-refractivity contribution in [1.29, 1.82) is 0 Å². The number of nitrogens with zero attached hydrogens (tertiary/aromatic N) is 1. The first kappa shape index (κ1) is 20.1. The fourth-order valence-corrected chi connectivity index (χ4v) is 3.16. The molecule has 0 unspecified atom stereocenters. The maximum atomic E-state index is 12.8. The van der Waals surface area contributed by atoms with Gasteiger partial charge in [0.2, 0.25) is 11.8 Å². The molecular formula is C20H30N2O4. The monoisotopic (exact) mass is 362 g/mol. The Kier molecular flexibility index (Phi) is 6.89. The fourth-order valence-electron chi connectivity index (χ4n) is 3.16. The second-order valence-electron chi connectivity index (χ2n) is 7.20. The van der Waals surface area contributed by atoms with E-state index in [1.54, 1.807) is 34.1 Å². The predicted octanol–water partition coefficient (Wildman–Crippen LogP) is 2.75. The van der Waals surface area contributed by atoms with Crippen molar-refractivity contribution in [3.63, 3.8) is 0 Å². The van der Waals surface area contributed by atoms with Crippen LogP contribution in [0.2, 0.25) is 0 Å². The zero-order chi connectivity index (χ0) is 19.2. The smallest absolute Gasteiger partial charge is 0.237 e. The minimum absolute atomic E-state index is 0.0933. The molecule has 1 aliphatic heterocycles. The van der Waals surface area contributed by atoms with Crippen molar-refractivity contribution in [2.45, 2.75) is 46.1 Å². The van der Waals surface area contributed by atoms with Gasteiger partial charge in [0.05, 0.1) is 14.2 Å². The van der Waals surface area contributed by atoms with Gasteiger partial charge in [-0.25, -0.2) is 0 Å². The summed E-state index contributed by atoms with van der Waals surface area (Å²) in [6.07, 6.45) is 4.32. The second-order valence-corrected chi connectivity index (χ2v) is 7.20. The lowest BCUT2D eigenvalue weighted by Gasteiger charge is -2.30. The van der Waals surface area contributed by atoms with E-state index in [9.17, 15) is 9.59 Å². The highest BCUT2D eigenvalue weighted by Gasteiger charge is 2.39. The molecule has 0 radical (unpaired) electrons. The highest BCUT2D eigenvalue weighted by atomic mass is 16.5. The van der Waals surface area contributed by atoms with E-state index in [0.717, 1.165) is 44.3 Å². The molecule has 0 aliphatic carbocycles. The molecule has 1 aliphatic rings. The van der Waals surface area contributed by atoms with Crippen LogP contribution in [0.15, 0.2) is 18.2 Å². The number of hydrogen-bond acceptors (Lipinski definition) is 4. The van der Waals surface area contributed by atoms with Gasteiger partial charge < -0.3 is 19.7 Å². The van der Waals surface area contributed by atoms with Crippen molar-refractivity contribution < 1.29 is 19.1 Å². The Hall–Kier alpha value is -2.24. The minimum atomic E-state index is -1.08. The van der Waals surface area contributed by atoms with Crippen LogP contribution < -0.4 is 14.8 Å². The molecule has 1 saturated heterocycles. The molecule has 0 spiro atoms. The summed E-state index contributed by atoms with van der Waals surface area (Å²) in [7, 11) is 3.15. The van der Waals surface area contributed by atoms with Gasteiger partial charge >= 0.3 is 0 Å². The minimum Gasteiger partial charge on any atom is -0.493 e. The molecule has 2 rings (SSSR count). The van der Waals surface area contributed by atoms with Crippen LogP contribution in [0.4, 0.5) is 0 Å². The Bertz CT molecular complexity index is 635. The number of carbonyl (C=O) groups is 2. The molecule has 1 aromatic carbocycles. The molecule has 6 heteroatoms. The quantitative estimate of drug-likeness (QED) is 0.790. The summed E-state index contributed by atoms with van der Waals surface area (Å²) in [5.41, 5.74) is -0.199. The largest absolute Gasteiger partial charge is 0.493 e. The van der Waals surface area contributed by atoms with Crippen LogP contribution in [0.1, 0.15) is 45.1 Å². The van der Waals surface area contributed by atoms with Crippen molar-refractivity contribution in [2.24, 2.45) is 5.41 Å². The maximum absolute atomic E-state index is 12.8. The zero-order valence-electron chi connectivity index (χ0n) is 16.3. The van der Waals surface area contributed by atoms with Crippen LogP contribution in [0.3, 0.4) is 0 Å². The number of carbonyl (C=O) groups excluding carboxylic acids is 2. The van der Waals surface area contributed by atoms with Crippen LogP contribution in [-0.2, 0) is 16.1 Å². The number of rotatable bonds is 6. The number of likely N-dealkylation sites (tertiary alicyclic amines) is 1. The molecule has 2 amide bonds. The van der Waals surface area contributed by atoms with E-state index < -0.39 is 5.41 Å². The third kappa shape index (κ3) is 4.68. The molecule has 0 saturated carbocycles. The van der Waals surface area contributed by atoms with Gasteiger partial charge in [0.1, 0.15) is 5.41 Å². The Labute approximate surface area is 155 Å². The van der Waals surface area contributed by atoms with Crippen LogP contribution in [-0.4, -0.2) is 44.0 Å². The van der Waals surface area contributed by atoms with Crippen molar-refractivity contribution in [3.05, 3.63) is 23.8 Å². The SMILES string of the molecule is COc1ccc(CNC(=O)C(C)(C)C(=O)N2CCCCCC2)cc1OC. The van der Waals surface area contributed by atoms with Crippen LogP contribution in [0.5, 0.6) is 11.5 Å². The maximum Gasteiger partial charge on any atom is 0.237 e. The van der Waals surface area contributed by atoms with Crippen molar-refractivity contribution in [3.8, 4) is 11.5 Å². The topological polar surface area (TPSA) is 67.9 Å². The van der Waals surface area contributed by atoms with Gasteiger partial charge in [-0.2, -0.15) is 0 Å². The van der Waals surface area contributed by atoms with Crippen LogP contribution in [0.25, 0.3) is 0 Å². The molecule has 0 bridgehead atoms. The normalized spacial score (nSPS) is 15.2. The number of methoxy groups -OCH3 is 2. The molecule has 1 N–H and O–H groups in total. The lowest BCUT2D eigenvalue weighted by atomic mass is 9.90. The molecule has 6 nitrogen and oxygen atoms in total. The van der Waals surface area contributed by atoms with E-state index in [-0.39, 0.29) is 11.8 Å². The highest BCUT2D eigenvalue weighted by Crippen LogP contribution is 2.28. The Balaban J connectivity index is 2.00. The van der Waals surface area contributed by atoms with E-state index >= 15 is 0 Å². The van der Waals surface area contributed by atoms with E-state index in [2.05, 4.69) is 5.32 Å². The average Bonchev–Trinajstić information content (AvgIpc) is 2.94. The number of ether oxygens (including phenoxy) is 2. The molecule has 1 fully saturated rings. The molecule has 1 aromatic rings. The number of hydrogen-bond donors (Lipinski definition) is 1. The summed E-state index contributed by atoms with van der Waals surface area (Å²) in [6, 6.07) is 5.49. The molecule has 0 atom stereocenters. The second kappa shape index (κ2) is 8.92. The van der Waals surface area contributed by atoms with Crippen LogP contribution in [0, 0.1) is 5.41 Å². The number of amides is 2. The third-order valence-electron chi connectivity index (χ3n) is 4.90. The first-order valence-electron chi connectivity index (χ1n) is 9.18. The van der Waals surface area contributed by atoms with Gasteiger partial charge in [0.15, 0.2) is 11.5 Å². The van der Waals surface area contributed by atoms with E-state index in [0.29, 0.717) is 18.0 Å². The average molecular weight is 362 g/mol. The van der Waals surface area contributed by atoms with Gasteiger partial charge in [-0.1, -0.05) is 18.9 Å². The molecule has 144 valence electrons. The number of benzene rings is 1. The molecule has 26 heavy (non-hydrogen) atoms.